The van der Waals surface area contributed by atoms with Crippen molar-refractivity contribution in [2.24, 2.45) is 5.92 Å². The standard InChI is InChI=1S/C13H17FN2O/c1-9(10-2-4-12(14)5-3-10)16-13(17)11-6-7-15-8-11/h2-5,9,11,15H,6-8H2,1H3,(H,16,17). The largest absolute Gasteiger partial charge is 0.349 e. The maximum Gasteiger partial charge on any atom is 0.224 e. The van der Waals surface area contributed by atoms with Gasteiger partial charge < -0.3 is 10.6 Å². The average molecular weight is 236 g/mol. The molecule has 1 saturated heterocycles. The Kier molecular flexibility index (Phi) is 3.74. The summed E-state index contributed by atoms with van der Waals surface area (Å²) in [6.45, 7) is 3.57. The Morgan fingerprint density at radius 1 is 1.47 bits per heavy atom. The van der Waals surface area contributed by atoms with Gasteiger partial charge in [-0.2, -0.15) is 0 Å². The molecule has 1 aromatic carbocycles. The highest BCUT2D eigenvalue weighted by Crippen LogP contribution is 2.15. The zero-order valence-corrected chi connectivity index (χ0v) is 9.87. The van der Waals surface area contributed by atoms with Crippen molar-refractivity contribution in [1.29, 1.82) is 0 Å². The average Bonchev–Trinajstić information content (AvgIpc) is 2.83. The summed E-state index contributed by atoms with van der Waals surface area (Å²) in [5, 5.41) is 6.12. The monoisotopic (exact) mass is 236 g/mol. The molecular weight excluding hydrogens is 219 g/mol. The maximum absolute atomic E-state index is 12.8. The fourth-order valence-corrected chi connectivity index (χ4v) is 2.04. The molecular formula is C13H17FN2O. The molecule has 2 rings (SSSR count). The summed E-state index contributed by atoms with van der Waals surface area (Å²) in [4.78, 5) is 11.9. The van der Waals surface area contributed by atoms with Crippen LogP contribution in [-0.4, -0.2) is 19.0 Å². The van der Waals surface area contributed by atoms with E-state index in [1.807, 2.05) is 6.92 Å². The van der Waals surface area contributed by atoms with Crippen molar-refractivity contribution in [3.05, 3.63) is 35.6 Å². The van der Waals surface area contributed by atoms with E-state index < -0.39 is 0 Å². The van der Waals surface area contributed by atoms with Crippen molar-refractivity contribution >= 4 is 5.91 Å². The van der Waals surface area contributed by atoms with Gasteiger partial charge >= 0.3 is 0 Å². The summed E-state index contributed by atoms with van der Waals surface area (Å²) in [7, 11) is 0. The molecule has 0 spiro atoms. The van der Waals surface area contributed by atoms with Gasteiger partial charge in [-0.25, -0.2) is 4.39 Å². The molecule has 17 heavy (non-hydrogen) atoms. The number of rotatable bonds is 3. The first-order valence-electron chi connectivity index (χ1n) is 5.93. The number of hydrogen-bond acceptors (Lipinski definition) is 2. The van der Waals surface area contributed by atoms with Crippen LogP contribution in [0.15, 0.2) is 24.3 Å². The lowest BCUT2D eigenvalue weighted by atomic mass is 10.1. The Hall–Kier alpha value is -1.42. The maximum atomic E-state index is 12.8. The van der Waals surface area contributed by atoms with Crippen LogP contribution < -0.4 is 10.6 Å². The van der Waals surface area contributed by atoms with Crippen LogP contribution in [-0.2, 0) is 4.79 Å². The third-order valence-corrected chi connectivity index (χ3v) is 3.16. The second kappa shape index (κ2) is 5.27. The third kappa shape index (κ3) is 3.03. The van der Waals surface area contributed by atoms with Crippen molar-refractivity contribution in [2.45, 2.75) is 19.4 Å². The van der Waals surface area contributed by atoms with E-state index >= 15 is 0 Å². The molecule has 0 radical (unpaired) electrons. The highest BCUT2D eigenvalue weighted by molar-refractivity contribution is 5.79. The molecule has 1 aliphatic rings. The van der Waals surface area contributed by atoms with Crippen molar-refractivity contribution in [3.8, 4) is 0 Å². The molecule has 3 nitrogen and oxygen atoms in total. The van der Waals surface area contributed by atoms with E-state index in [1.54, 1.807) is 12.1 Å². The van der Waals surface area contributed by atoms with Gasteiger partial charge in [-0.15, -0.1) is 0 Å². The first kappa shape index (κ1) is 12.0. The van der Waals surface area contributed by atoms with Gasteiger partial charge in [-0.3, -0.25) is 4.79 Å². The van der Waals surface area contributed by atoms with Crippen LogP contribution in [0.5, 0.6) is 0 Å². The SMILES string of the molecule is CC(NC(=O)C1CCNC1)c1ccc(F)cc1. The predicted molar refractivity (Wildman–Crippen MR) is 63.9 cm³/mol. The van der Waals surface area contributed by atoms with Gasteiger partial charge in [0.1, 0.15) is 5.82 Å². The highest BCUT2D eigenvalue weighted by Gasteiger charge is 2.23. The van der Waals surface area contributed by atoms with E-state index in [2.05, 4.69) is 10.6 Å². The fourth-order valence-electron chi connectivity index (χ4n) is 2.04. The van der Waals surface area contributed by atoms with Crippen LogP contribution in [0.3, 0.4) is 0 Å². The van der Waals surface area contributed by atoms with E-state index in [1.165, 1.54) is 12.1 Å². The lowest BCUT2D eigenvalue weighted by molar-refractivity contribution is -0.125. The molecule has 1 aromatic rings. The molecule has 4 heteroatoms. The summed E-state index contributed by atoms with van der Waals surface area (Å²) in [6.07, 6.45) is 0.891. The second-order valence-electron chi connectivity index (χ2n) is 4.47. The topological polar surface area (TPSA) is 41.1 Å². The van der Waals surface area contributed by atoms with Crippen LogP contribution in [0.2, 0.25) is 0 Å². The minimum absolute atomic E-state index is 0.0675. The van der Waals surface area contributed by atoms with Crippen molar-refractivity contribution in [2.75, 3.05) is 13.1 Å². The minimum atomic E-state index is -0.257. The van der Waals surface area contributed by atoms with Crippen molar-refractivity contribution in [3.63, 3.8) is 0 Å². The Balaban J connectivity index is 1.93. The van der Waals surface area contributed by atoms with E-state index in [0.29, 0.717) is 0 Å². The number of nitrogens with one attached hydrogen (secondary N) is 2. The molecule has 0 saturated carbocycles. The number of amides is 1. The number of carbonyl (C=O) groups is 1. The smallest absolute Gasteiger partial charge is 0.224 e. The molecule has 1 fully saturated rings. The molecule has 1 amide bonds. The van der Waals surface area contributed by atoms with Gasteiger partial charge in [0.2, 0.25) is 5.91 Å². The van der Waals surface area contributed by atoms with E-state index in [9.17, 15) is 9.18 Å². The Morgan fingerprint density at radius 3 is 2.76 bits per heavy atom. The third-order valence-electron chi connectivity index (χ3n) is 3.16. The first-order valence-corrected chi connectivity index (χ1v) is 5.93. The van der Waals surface area contributed by atoms with Gasteiger partial charge in [0, 0.05) is 6.54 Å². The number of halogens is 1. The van der Waals surface area contributed by atoms with Crippen molar-refractivity contribution < 1.29 is 9.18 Å². The van der Waals surface area contributed by atoms with E-state index in [-0.39, 0.29) is 23.7 Å². The van der Waals surface area contributed by atoms with Crippen molar-refractivity contribution in [1.82, 2.24) is 10.6 Å². The quantitative estimate of drug-likeness (QED) is 0.837. The Bertz CT molecular complexity index is 385. The van der Waals surface area contributed by atoms with Gasteiger partial charge in [0.05, 0.1) is 12.0 Å². The molecule has 1 heterocycles. The summed E-state index contributed by atoms with van der Waals surface area (Å²) in [5.41, 5.74) is 0.922. The lowest BCUT2D eigenvalue weighted by Gasteiger charge is -2.17. The molecule has 1 aliphatic heterocycles. The van der Waals surface area contributed by atoms with Gasteiger partial charge in [0.25, 0.3) is 0 Å². The molecule has 92 valence electrons. The highest BCUT2D eigenvalue weighted by atomic mass is 19.1. The molecule has 2 atom stereocenters. The zero-order valence-electron chi connectivity index (χ0n) is 9.87. The second-order valence-corrected chi connectivity index (χ2v) is 4.47. The fraction of sp³-hybridized carbons (Fsp3) is 0.462. The molecule has 2 unspecified atom stereocenters. The van der Waals surface area contributed by atoms with Crippen LogP contribution in [0, 0.1) is 11.7 Å². The molecule has 2 N–H and O–H groups in total. The summed E-state index contributed by atoms with van der Waals surface area (Å²) < 4.78 is 12.8. The van der Waals surface area contributed by atoms with E-state index in [0.717, 1.165) is 25.1 Å². The minimum Gasteiger partial charge on any atom is -0.349 e. The van der Waals surface area contributed by atoms with Crippen LogP contribution in [0.4, 0.5) is 4.39 Å². The summed E-state index contributed by atoms with van der Waals surface area (Å²) in [5.74, 6) is -0.114. The molecule has 0 bridgehead atoms. The lowest BCUT2D eigenvalue weighted by Crippen LogP contribution is -2.33. The van der Waals surface area contributed by atoms with Crippen LogP contribution in [0.25, 0.3) is 0 Å². The van der Waals surface area contributed by atoms with Crippen LogP contribution in [0.1, 0.15) is 24.9 Å². The Labute approximate surface area is 100 Å². The number of carbonyl (C=O) groups excluding carboxylic acids is 1. The summed E-state index contributed by atoms with van der Waals surface area (Å²) in [6, 6.07) is 6.15. The molecule has 0 aliphatic carbocycles. The summed E-state index contributed by atoms with van der Waals surface area (Å²) >= 11 is 0. The van der Waals surface area contributed by atoms with Gasteiger partial charge in [-0.05, 0) is 37.6 Å². The normalized spacial score (nSPS) is 21.2. The van der Waals surface area contributed by atoms with Gasteiger partial charge in [-0.1, -0.05) is 12.1 Å². The van der Waals surface area contributed by atoms with E-state index in [4.69, 9.17) is 0 Å². The molecule has 0 aromatic heterocycles. The predicted octanol–water partition coefficient (Wildman–Crippen LogP) is 1.61. The zero-order chi connectivity index (χ0) is 12.3. The number of hydrogen-bond donors (Lipinski definition) is 2. The van der Waals surface area contributed by atoms with Gasteiger partial charge in [0.15, 0.2) is 0 Å². The Morgan fingerprint density at radius 2 is 2.18 bits per heavy atom. The first-order chi connectivity index (χ1) is 8.16. The van der Waals surface area contributed by atoms with Crippen LogP contribution >= 0.6 is 0 Å². The number of benzene rings is 1.